The van der Waals surface area contributed by atoms with Gasteiger partial charge in [-0.2, -0.15) is 14.4 Å². The average molecular weight is 365 g/mol. The van der Waals surface area contributed by atoms with Crippen LogP contribution in [0.25, 0.3) is 11.2 Å². The molecule has 0 aliphatic carbocycles. The van der Waals surface area contributed by atoms with E-state index in [4.69, 9.17) is 20.3 Å². The van der Waals surface area contributed by atoms with Crippen molar-refractivity contribution in [3.8, 4) is 0 Å². The Morgan fingerprint density at radius 3 is 2.79 bits per heavy atom. The molecule has 3 rings (SSSR count). The predicted molar refractivity (Wildman–Crippen MR) is 73.6 cm³/mol. The van der Waals surface area contributed by atoms with Crippen molar-refractivity contribution in [1.82, 2.24) is 19.5 Å². The molecule has 6 N–H and O–H groups in total. The molecule has 0 bridgehead atoms. The number of imidazole rings is 1. The minimum absolute atomic E-state index is 0.0249. The van der Waals surface area contributed by atoms with Crippen molar-refractivity contribution in [1.29, 1.82) is 0 Å². The molecular formula is C10H13FN5O7P. The second-order valence-corrected chi connectivity index (χ2v) is 6.19. The lowest BCUT2D eigenvalue weighted by Gasteiger charge is -2.22. The van der Waals surface area contributed by atoms with Crippen LogP contribution in [-0.2, 0) is 13.8 Å². The number of aliphatic hydroxyl groups is 2. The molecule has 0 aromatic carbocycles. The van der Waals surface area contributed by atoms with Crippen LogP contribution in [0, 0.1) is 6.08 Å². The van der Waals surface area contributed by atoms with Crippen molar-refractivity contribution in [3.05, 3.63) is 12.4 Å². The number of phosphoric ester groups is 1. The highest BCUT2D eigenvalue weighted by atomic mass is 31.2. The fraction of sp³-hybridized carbons (Fsp3) is 0.500. The van der Waals surface area contributed by atoms with Crippen LogP contribution in [0.15, 0.2) is 6.33 Å². The summed E-state index contributed by atoms with van der Waals surface area (Å²) in [5.41, 5.74) is 5.43. The largest absolute Gasteiger partial charge is 0.470 e. The molecule has 24 heavy (non-hydrogen) atoms. The molecule has 1 unspecified atom stereocenters. The fourth-order valence-corrected chi connectivity index (χ4v) is 3.01. The van der Waals surface area contributed by atoms with Crippen LogP contribution in [0.5, 0.6) is 0 Å². The molecule has 2 aromatic heterocycles. The molecule has 0 radical (unpaired) electrons. The molecule has 12 nitrogen and oxygen atoms in total. The van der Waals surface area contributed by atoms with E-state index in [0.29, 0.717) is 0 Å². The van der Waals surface area contributed by atoms with Gasteiger partial charge < -0.3 is 30.5 Å². The highest BCUT2D eigenvalue weighted by Gasteiger charge is 2.48. The molecule has 0 saturated carbocycles. The van der Waals surface area contributed by atoms with E-state index in [1.165, 1.54) is 0 Å². The van der Waals surface area contributed by atoms with E-state index in [1.54, 1.807) is 0 Å². The van der Waals surface area contributed by atoms with E-state index in [-0.39, 0.29) is 17.0 Å². The van der Waals surface area contributed by atoms with Crippen LogP contribution < -0.4 is 5.73 Å². The van der Waals surface area contributed by atoms with Crippen LogP contribution in [0.2, 0.25) is 0 Å². The van der Waals surface area contributed by atoms with Gasteiger partial charge in [0.2, 0.25) is 0 Å². The van der Waals surface area contributed by atoms with Gasteiger partial charge in [-0.05, 0) is 0 Å². The van der Waals surface area contributed by atoms with E-state index in [0.717, 1.165) is 10.9 Å². The maximum Gasteiger partial charge on any atom is 0.470 e. The third-order valence-corrected chi connectivity index (χ3v) is 3.97. The zero-order chi connectivity index (χ0) is 17.6. The number of fused-ring (bicyclic) bond motifs is 1. The van der Waals surface area contributed by atoms with Gasteiger partial charge in [0, 0.05) is 0 Å². The molecule has 1 saturated heterocycles. The number of aliphatic hydroxyl groups excluding tert-OH is 2. The zero-order valence-electron chi connectivity index (χ0n) is 11.8. The molecule has 1 fully saturated rings. The third kappa shape index (κ3) is 2.98. The van der Waals surface area contributed by atoms with Crippen LogP contribution >= 0.6 is 7.82 Å². The summed E-state index contributed by atoms with van der Waals surface area (Å²) in [6.07, 6.45) is -5.70. The minimum Gasteiger partial charge on any atom is -0.394 e. The number of rotatable bonds is 4. The van der Waals surface area contributed by atoms with Crippen molar-refractivity contribution in [2.75, 3.05) is 12.3 Å². The van der Waals surface area contributed by atoms with Crippen molar-refractivity contribution in [2.45, 2.75) is 24.5 Å². The van der Waals surface area contributed by atoms with Crippen molar-refractivity contribution >= 4 is 24.8 Å². The topological polar surface area (TPSA) is 186 Å². The summed E-state index contributed by atoms with van der Waals surface area (Å²) >= 11 is 0. The second kappa shape index (κ2) is 5.97. The number of nitrogens with two attached hydrogens (primary N) is 1. The number of aromatic nitrogens is 4. The van der Waals surface area contributed by atoms with Gasteiger partial charge in [-0.15, -0.1) is 0 Å². The maximum absolute atomic E-state index is 13.4. The smallest absolute Gasteiger partial charge is 0.394 e. The molecule has 0 spiro atoms. The lowest BCUT2D eigenvalue weighted by Crippen LogP contribution is -2.34. The Balaban J connectivity index is 2.07. The van der Waals surface area contributed by atoms with Gasteiger partial charge in [0.05, 0.1) is 12.9 Å². The van der Waals surface area contributed by atoms with E-state index < -0.39 is 45.0 Å². The van der Waals surface area contributed by atoms with Crippen molar-refractivity contribution < 1.29 is 38.2 Å². The van der Waals surface area contributed by atoms with E-state index in [1.807, 2.05) is 0 Å². The molecule has 2 aromatic rings. The highest BCUT2D eigenvalue weighted by molar-refractivity contribution is 7.46. The number of nitrogens with zero attached hydrogens (tertiary/aromatic N) is 4. The van der Waals surface area contributed by atoms with Crippen molar-refractivity contribution in [3.63, 3.8) is 0 Å². The average Bonchev–Trinajstić information content (AvgIpc) is 3.00. The number of anilines is 1. The molecule has 4 atom stereocenters. The Morgan fingerprint density at radius 1 is 1.46 bits per heavy atom. The number of hydrogen-bond acceptors (Lipinski definition) is 9. The molecule has 1 aliphatic heterocycles. The van der Waals surface area contributed by atoms with Gasteiger partial charge in [0.25, 0.3) is 0 Å². The standard InChI is InChI=1S/C10H13FN5O7P/c11-10-14-7(12)4-8(15-10)16(2-13-4)9-6(23-24(19,20)21)5(18)3(1-17)22-9/h2-3,5-6,9,17-18H,1H2,(H2,12,14,15)(H2,19,20,21)/t3-,5-,6+,9?/m1/s1. The van der Waals surface area contributed by atoms with Gasteiger partial charge in [0.1, 0.15) is 18.3 Å². The van der Waals surface area contributed by atoms with E-state index >= 15 is 0 Å². The van der Waals surface area contributed by atoms with Gasteiger partial charge >= 0.3 is 13.9 Å². The molecule has 14 heteroatoms. The molecular weight excluding hydrogens is 352 g/mol. The van der Waals surface area contributed by atoms with Crippen LogP contribution in [-0.4, -0.2) is 64.4 Å². The lowest BCUT2D eigenvalue weighted by atomic mass is 10.1. The Labute approximate surface area is 132 Å². The molecule has 0 amide bonds. The van der Waals surface area contributed by atoms with Crippen LogP contribution in [0.1, 0.15) is 6.23 Å². The normalized spacial score (nSPS) is 27.9. The summed E-state index contributed by atoms with van der Waals surface area (Å²) in [7, 11) is -4.99. The Morgan fingerprint density at radius 2 is 2.17 bits per heavy atom. The summed E-state index contributed by atoms with van der Waals surface area (Å²) < 4.78 is 35.5. The predicted octanol–water partition coefficient (Wildman–Crippen LogP) is -1.72. The molecule has 1 aliphatic rings. The number of halogens is 1. The minimum atomic E-state index is -4.99. The van der Waals surface area contributed by atoms with Gasteiger partial charge in [-0.1, -0.05) is 0 Å². The van der Waals surface area contributed by atoms with Gasteiger partial charge in [0.15, 0.2) is 23.2 Å². The van der Waals surface area contributed by atoms with E-state index in [9.17, 15) is 19.2 Å². The summed E-state index contributed by atoms with van der Waals surface area (Å²) in [6.45, 7) is -0.642. The number of hydrogen-bond donors (Lipinski definition) is 5. The summed E-state index contributed by atoms with van der Waals surface area (Å²) in [6, 6.07) is 0. The summed E-state index contributed by atoms with van der Waals surface area (Å²) in [5, 5.41) is 19.2. The third-order valence-electron chi connectivity index (χ3n) is 3.45. The van der Waals surface area contributed by atoms with Crippen LogP contribution in [0.4, 0.5) is 10.2 Å². The lowest BCUT2D eigenvalue weighted by molar-refractivity contribution is -0.0506. The second-order valence-electron chi connectivity index (χ2n) is 5.00. The number of phosphoric acid groups is 1. The maximum atomic E-state index is 13.4. The zero-order valence-corrected chi connectivity index (χ0v) is 12.7. The first-order chi connectivity index (χ1) is 11.2. The fourth-order valence-electron chi connectivity index (χ4n) is 2.46. The Hall–Kier alpha value is -1.73. The quantitative estimate of drug-likeness (QED) is 0.306. The summed E-state index contributed by atoms with van der Waals surface area (Å²) in [5.74, 6) is -0.249. The number of ether oxygens (including phenoxy) is 1. The van der Waals surface area contributed by atoms with Crippen LogP contribution in [0.3, 0.4) is 0 Å². The number of nitrogen functional groups attached to an aromatic ring is 1. The Kier molecular flexibility index (Phi) is 4.25. The van der Waals surface area contributed by atoms with Gasteiger partial charge in [-0.25, -0.2) is 9.55 Å². The van der Waals surface area contributed by atoms with E-state index in [2.05, 4.69) is 19.5 Å². The monoisotopic (exact) mass is 365 g/mol. The first-order valence-electron chi connectivity index (χ1n) is 6.55. The van der Waals surface area contributed by atoms with Gasteiger partial charge in [-0.3, -0.25) is 9.09 Å². The highest BCUT2D eigenvalue weighted by Crippen LogP contribution is 2.45. The summed E-state index contributed by atoms with van der Waals surface area (Å²) in [4.78, 5) is 28.7. The Bertz CT molecular complexity index is 812. The SMILES string of the molecule is Nc1nc(F)nc2c1ncn2C1O[C@H](CO)[C@@H](O)[C@@H]1OP(=O)(O)O. The van der Waals surface area contributed by atoms with Crippen molar-refractivity contribution in [2.24, 2.45) is 0 Å². The first kappa shape index (κ1) is 17.1. The molecule has 3 heterocycles. The first-order valence-corrected chi connectivity index (χ1v) is 8.08. The molecule has 132 valence electrons.